The number of hydrogen-bond acceptors (Lipinski definition) is 3. The fraction of sp³-hybridized carbons (Fsp3) is 0.423. The van der Waals surface area contributed by atoms with Gasteiger partial charge in [-0.1, -0.05) is 25.1 Å². The Kier molecular flexibility index (Phi) is 7.24. The molecule has 0 aliphatic carbocycles. The molecule has 4 rings (SSSR count). The van der Waals surface area contributed by atoms with E-state index in [9.17, 15) is 23.2 Å². The highest BCUT2D eigenvalue weighted by Gasteiger charge is 2.40. The summed E-state index contributed by atoms with van der Waals surface area (Å²) in [6.45, 7) is 3.75. The first-order chi connectivity index (χ1) is 16.4. The number of carbonyl (C=O) groups excluding carboxylic acids is 3. The number of piperidine rings is 1. The molecule has 2 fully saturated rings. The maximum atomic E-state index is 14.2. The summed E-state index contributed by atoms with van der Waals surface area (Å²) in [4.78, 5) is 43.7. The van der Waals surface area contributed by atoms with E-state index >= 15 is 0 Å². The molecule has 2 aromatic carbocycles. The van der Waals surface area contributed by atoms with Crippen LogP contribution < -0.4 is 4.90 Å². The Morgan fingerprint density at radius 1 is 1.06 bits per heavy atom. The second-order valence-electron chi connectivity index (χ2n) is 8.92. The summed E-state index contributed by atoms with van der Waals surface area (Å²) in [7, 11) is 0. The predicted octanol–water partition coefficient (Wildman–Crippen LogP) is 3.86. The Labute approximate surface area is 198 Å². The lowest BCUT2D eigenvalue weighted by Crippen LogP contribution is -2.50. The first-order valence-corrected chi connectivity index (χ1v) is 11.8. The number of anilines is 1. The van der Waals surface area contributed by atoms with Crippen molar-refractivity contribution in [1.29, 1.82) is 0 Å². The standard InChI is InChI=1S/C26H29F2N3O3/c1-2-12-30(21-10-13-29(14-11-21)25(33)18-6-4-3-5-7-18)26(34)19-15-24(32)31(17-19)23-9-8-20(27)16-22(23)28/h3-9,16,19,21H,2,10-15,17H2,1H3. The molecule has 8 heteroatoms. The van der Waals surface area contributed by atoms with Crippen molar-refractivity contribution in [3.63, 3.8) is 0 Å². The van der Waals surface area contributed by atoms with E-state index < -0.39 is 17.6 Å². The van der Waals surface area contributed by atoms with Crippen molar-refractivity contribution in [2.75, 3.05) is 31.1 Å². The molecule has 2 saturated heterocycles. The van der Waals surface area contributed by atoms with Crippen LogP contribution in [0.2, 0.25) is 0 Å². The van der Waals surface area contributed by atoms with Gasteiger partial charge in [0.25, 0.3) is 5.91 Å². The molecule has 0 aromatic heterocycles. The van der Waals surface area contributed by atoms with Crippen molar-refractivity contribution in [3.05, 3.63) is 65.7 Å². The molecule has 2 aliphatic rings. The van der Waals surface area contributed by atoms with Crippen molar-refractivity contribution in [3.8, 4) is 0 Å². The van der Waals surface area contributed by atoms with Gasteiger partial charge in [-0.3, -0.25) is 14.4 Å². The molecule has 180 valence electrons. The molecule has 2 aliphatic heterocycles. The third-order valence-electron chi connectivity index (χ3n) is 6.64. The van der Waals surface area contributed by atoms with E-state index in [1.54, 1.807) is 12.1 Å². The van der Waals surface area contributed by atoms with E-state index in [0.717, 1.165) is 18.6 Å². The third-order valence-corrected chi connectivity index (χ3v) is 6.64. The van der Waals surface area contributed by atoms with Gasteiger partial charge in [-0.15, -0.1) is 0 Å². The lowest BCUT2D eigenvalue weighted by molar-refractivity contribution is -0.139. The quantitative estimate of drug-likeness (QED) is 0.646. The van der Waals surface area contributed by atoms with Crippen molar-refractivity contribution in [1.82, 2.24) is 9.80 Å². The topological polar surface area (TPSA) is 60.9 Å². The highest BCUT2D eigenvalue weighted by Crippen LogP contribution is 2.30. The Bertz CT molecular complexity index is 1050. The van der Waals surface area contributed by atoms with Gasteiger partial charge in [0, 0.05) is 50.3 Å². The van der Waals surface area contributed by atoms with Crippen molar-refractivity contribution >= 4 is 23.4 Å². The molecule has 0 N–H and O–H groups in total. The average molecular weight is 470 g/mol. The summed E-state index contributed by atoms with van der Waals surface area (Å²) in [5.41, 5.74) is 0.650. The van der Waals surface area contributed by atoms with Crippen LogP contribution >= 0.6 is 0 Å². The maximum absolute atomic E-state index is 14.2. The van der Waals surface area contributed by atoms with Crippen LogP contribution in [0, 0.1) is 17.6 Å². The SMILES string of the molecule is CCCN(C(=O)C1CC(=O)N(c2ccc(F)cc2F)C1)C1CCN(C(=O)c2ccccc2)CC1. The van der Waals surface area contributed by atoms with Crippen LogP contribution in [0.25, 0.3) is 0 Å². The highest BCUT2D eigenvalue weighted by molar-refractivity contribution is 6.00. The summed E-state index contributed by atoms with van der Waals surface area (Å²) < 4.78 is 27.5. The number of nitrogens with zero attached hydrogens (tertiary/aromatic N) is 3. The second-order valence-corrected chi connectivity index (χ2v) is 8.92. The zero-order valence-electron chi connectivity index (χ0n) is 19.3. The molecule has 0 radical (unpaired) electrons. The van der Waals surface area contributed by atoms with Crippen LogP contribution in [0.1, 0.15) is 43.0 Å². The van der Waals surface area contributed by atoms with Crippen LogP contribution in [0.3, 0.4) is 0 Å². The third kappa shape index (κ3) is 4.95. The van der Waals surface area contributed by atoms with E-state index in [2.05, 4.69) is 0 Å². The number of benzene rings is 2. The molecule has 2 heterocycles. The van der Waals surface area contributed by atoms with Crippen molar-refractivity contribution in [2.24, 2.45) is 5.92 Å². The zero-order valence-corrected chi connectivity index (χ0v) is 19.3. The number of likely N-dealkylation sites (tertiary alicyclic amines) is 1. The summed E-state index contributed by atoms with van der Waals surface area (Å²) in [5, 5.41) is 0. The molecule has 6 nitrogen and oxygen atoms in total. The molecule has 1 atom stereocenters. The summed E-state index contributed by atoms with van der Waals surface area (Å²) in [5.74, 6) is -2.58. The monoisotopic (exact) mass is 469 g/mol. The van der Waals surface area contributed by atoms with E-state index in [0.29, 0.717) is 38.0 Å². The average Bonchev–Trinajstić information content (AvgIpc) is 3.23. The van der Waals surface area contributed by atoms with Crippen LogP contribution in [-0.4, -0.2) is 59.7 Å². The summed E-state index contributed by atoms with van der Waals surface area (Å²) in [6, 6.07) is 12.2. The van der Waals surface area contributed by atoms with Crippen LogP contribution in [0.15, 0.2) is 48.5 Å². The zero-order chi connectivity index (χ0) is 24.2. The number of halogens is 2. The van der Waals surface area contributed by atoms with E-state index in [4.69, 9.17) is 0 Å². The Hall–Kier alpha value is -3.29. The molecule has 0 spiro atoms. The van der Waals surface area contributed by atoms with E-state index in [-0.39, 0.29) is 42.4 Å². The Morgan fingerprint density at radius 2 is 1.76 bits per heavy atom. The highest BCUT2D eigenvalue weighted by atomic mass is 19.1. The Balaban J connectivity index is 1.41. The lowest BCUT2D eigenvalue weighted by atomic mass is 9.98. The van der Waals surface area contributed by atoms with Gasteiger partial charge >= 0.3 is 0 Å². The molecule has 1 unspecified atom stereocenters. The molecule has 3 amide bonds. The second kappa shape index (κ2) is 10.3. The van der Waals surface area contributed by atoms with Crippen LogP contribution in [0.4, 0.5) is 14.5 Å². The molecule has 0 bridgehead atoms. The minimum Gasteiger partial charge on any atom is -0.339 e. The van der Waals surface area contributed by atoms with Gasteiger partial charge in [-0.05, 0) is 43.5 Å². The summed E-state index contributed by atoms with van der Waals surface area (Å²) >= 11 is 0. The van der Waals surface area contributed by atoms with Crippen molar-refractivity contribution in [2.45, 2.75) is 38.6 Å². The van der Waals surface area contributed by atoms with Crippen molar-refractivity contribution < 1.29 is 23.2 Å². The summed E-state index contributed by atoms with van der Waals surface area (Å²) in [6.07, 6.45) is 2.11. The predicted molar refractivity (Wildman–Crippen MR) is 124 cm³/mol. The number of hydrogen-bond donors (Lipinski definition) is 0. The van der Waals surface area contributed by atoms with Gasteiger partial charge in [0.2, 0.25) is 11.8 Å². The normalized spacial score (nSPS) is 18.9. The number of rotatable bonds is 6. The molecular weight excluding hydrogens is 440 g/mol. The number of amides is 3. The van der Waals surface area contributed by atoms with Gasteiger partial charge in [-0.25, -0.2) is 8.78 Å². The van der Waals surface area contributed by atoms with Gasteiger partial charge in [0.1, 0.15) is 11.6 Å². The van der Waals surface area contributed by atoms with E-state index in [1.165, 1.54) is 11.0 Å². The maximum Gasteiger partial charge on any atom is 0.253 e. The van der Waals surface area contributed by atoms with Gasteiger partial charge in [0.15, 0.2) is 0 Å². The molecule has 2 aromatic rings. The van der Waals surface area contributed by atoms with Crippen LogP contribution in [0.5, 0.6) is 0 Å². The molecule has 34 heavy (non-hydrogen) atoms. The van der Waals surface area contributed by atoms with Gasteiger partial charge in [0.05, 0.1) is 11.6 Å². The van der Waals surface area contributed by atoms with Gasteiger partial charge in [-0.2, -0.15) is 0 Å². The fourth-order valence-corrected chi connectivity index (χ4v) is 4.90. The fourth-order valence-electron chi connectivity index (χ4n) is 4.90. The van der Waals surface area contributed by atoms with E-state index in [1.807, 2.05) is 34.9 Å². The van der Waals surface area contributed by atoms with Gasteiger partial charge < -0.3 is 14.7 Å². The minimum atomic E-state index is -0.817. The minimum absolute atomic E-state index is 0.00119. The largest absolute Gasteiger partial charge is 0.339 e. The number of carbonyl (C=O) groups is 3. The first kappa shape index (κ1) is 23.9. The Morgan fingerprint density at radius 3 is 2.41 bits per heavy atom. The smallest absolute Gasteiger partial charge is 0.253 e. The first-order valence-electron chi connectivity index (χ1n) is 11.8. The molecule has 0 saturated carbocycles. The molecular formula is C26H29F2N3O3. The van der Waals surface area contributed by atoms with Crippen LogP contribution in [-0.2, 0) is 9.59 Å². The lowest BCUT2D eigenvalue weighted by Gasteiger charge is -2.39.